The maximum atomic E-state index is 12.4. The lowest BCUT2D eigenvalue weighted by atomic mass is 9.92. The van der Waals surface area contributed by atoms with E-state index in [1.165, 1.54) is 11.3 Å². The number of nitrogens with one attached hydrogen (secondary N) is 2. The molecule has 3 heterocycles. The first kappa shape index (κ1) is 20.0. The minimum atomic E-state index is -0.250. The van der Waals surface area contributed by atoms with E-state index in [0.29, 0.717) is 31.1 Å². The molecule has 28 heavy (non-hydrogen) atoms. The van der Waals surface area contributed by atoms with Gasteiger partial charge in [0.1, 0.15) is 5.82 Å². The van der Waals surface area contributed by atoms with E-state index in [9.17, 15) is 9.59 Å². The minimum Gasteiger partial charge on any atom is -0.483 e. The maximum absolute atomic E-state index is 12.4. The Hall–Kier alpha value is -2.75. The zero-order valence-corrected chi connectivity index (χ0v) is 16.4. The number of aromatic nitrogens is 3. The van der Waals surface area contributed by atoms with Gasteiger partial charge in [0.2, 0.25) is 11.8 Å². The van der Waals surface area contributed by atoms with Crippen molar-refractivity contribution >= 4 is 34.8 Å². The van der Waals surface area contributed by atoms with Crippen molar-refractivity contribution in [2.45, 2.75) is 32.6 Å². The molecule has 9 nitrogen and oxygen atoms in total. The van der Waals surface area contributed by atoms with Gasteiger partial charge < -0.3 is 20.3 Å². The van der Waals surface area contributed by atoms with E-state index in [2.05, 4.69) is 27.2 Å². The summed E-state index contributed by atoms with van der Waals surface area (Å²) in [4.78, 5) is 47.3. The van der Waals surface area contributed by atoms with Crippen molar-refractivity contribution in [1.82, 2.24) is 19.9 Å². The molecule has 0 aromatic carbocycles. The van der Waals surface area contributed by atoms with Crippen molar-refractivity contribution in [3.05, 3.63) is 29.3 Å². The zero-order chi connectivity index (χ0) is 20.1. The molecule has 1 saturated carbocycles. The van der Waals surface area contributed by atoms with Crippen LogP contribution in [0, 0.1) is 11.3 Å². The van der Waals surface area contributed by atoms with E-state index in [0.717, 1.165) is 23.5 Å². The number of nitrogens with zero attached hydrogens (tertiary/aromatic N) is 3. The van der Waals surface area contributed by atoms with Crippen LogP contribution >= 0.6 is 11.3 Å². The van der Waals surface area contributed by atoms with Gasteiger partial charge in [-0.25, -0.2) is 9.97 Å². The second-order valence-corrected chi connectivity index (χ2v) is 8.10. The Morgan fingerprint density at radius 2 is 2.21 bits per heavy atom. The summed E-state index contributed by atoms with van der Waals surface area (Å²) in [5.74, 6) is 1.03. The van der Waals surface area contributed by atoms with Gasteiger partial charge in [0.15, 0.2) is 5.13 Å². The number of H-pyrrole nitrogens is 1. The van der Waals surface area contributed by atoms with Crippen molar-refractivity contribution in [2.24, 2.45) is 11.3 Å². The first-order valence-corrected chi connectivity index (χ1v) is 9.92. The molecule has 2 amide bonds. The number of carbonyl (C=O) groups excluding carboxylic acids is 2. The van der Waals surface area contributed by atoms with E-state index < -0.39 is 0 Å². The number of hydrogen-bond acceptors (Lipinski definition) is 6. The number of thiazole rings is 1. The van der Waals surface area contributed by atoms with Crippen LogP contribution in [0.2, 0.25) is 0 Å². The first-order chi connectivity index (χ1) is 13.5. The van der Waals surface area contributed by atoms with Crippen LogP contribution in [-0.4, -0.2) is 56.3 Å². The Kier molecular flexibility index (Phi) is 6.08. The quantitative estimate of drug-likeness (QED) is 0.626. The summed E-state index contributed by atoms with van der Waals surface area (Å²) in [6, 6.07) is 0. The predicted octanol–water partition coefficient (Wildman–Crippen LogP) is 1.55. The molecule has 2 aromatic rings. The number of amides is 2. The summed E-state index contributed by atoms with van der Waals surface area (Å²) in [6.07, 6.45) is 8.15. The highest BCUT2D eigenvalue weighted by Crippen LogP contribution is 2.59. The molecule has 150 valence electrons. The zero-order valence-electron chi connectivity index (χ0n) is 15.6. The third-order valence-corrected chi connectivity index (χ3v) is 6.19. The van der Waals surface area contributed by atoms with Crippen molar-refractivity contribution < 1.29 is 19.5 Å². The normalized spacial score (nSPS) is 18.6. The fraction of sp³-hybridized carbons (Fsp3) is 0.500. The summed E-state index contributed by atoms with van der Waals surface area (Å²) in [5.41, 5.74) is 0.00920. The van der Waals surface area contributed by atoms with Crippen LogP contribution in [0.5, 0.6) is 0 Å². The van der Waals surface area contributed by atoms with Crippen LogP contribution in [0.15, 0.2) is 18.6 Å². The van der Waals surface area contributed by atoms with E-state index in [4.69, 9.17) is 9.90 Å². The highest BCUT2D eigenvalue weighted by molar-refractivity contribution is 7.15. The van der Waals surface area contributed by atoms with E-state index in [1.54, 1.807) is 12.4 Å². The monoisotopic (exact) mass is 405 g/mol. The molecule has 1 atom stereocenters. The van der Waals surface area contributed by atoms with Crippen molar-refractivity contribution in [1.29, 1.82) is 0 Å². The standard InChI is InChI=1S/C17H21N5O2S.CH2O2/c1-2-11-8-20-16(25-11)21-15(24)12-7-17(12)9-22(10-17)14(23)4-3-13-18-5-6-19-13;2-1-3/h5-6,8,12H,2-4,7,9-10H2,1H3,(H,18,19)(H,20,21,24);1H,(H,2,3). The van der Waals surface area contributed by atoms with Crippen molar-refractivity contribution in [3.8, 4) is 0 Å². The smallest absolute Gasteiger partial charge is 0.290 e. The number of imidazole rings is 1. The molecule has 2 aliphatic rings. The van der Waals surface area contributed by atoms with E-state index in [1.807, 2.05) is 11.1 Å². The van der Waals surface area contributed by atoms with Crippen LogP contribution < -0.4 is 5.32 Å². The highest BCUT2D eigenvalue weighted by atomic mass is 32.1. The van der Waals surface area contributed by atoms with Gasteiger partial charge in [-0.05, 0) is 12.8 Å². The number of hydrogen-bond donors (Lipinski definition) is 3. The van der Waals surface area contributed by atoms with Crippen LogP contribution in [0.25, 0.3) is 0 Å². The lowest BCUT2D eigenvalue weighted by Gasteiger charge is -2.40. The second kappa shape index (κ2) is 8.51. The molecule has 1 saturated heterocycles. The van der Waals surface area contributed by atoms with Gasteiger partial charge in [-0.2, -0.15) is 0 Å². The molecular formula is C18H23N5O4S. The number of carboxylic acid groups (broad SMARTS) is 1. The number of aryl methyl sites for hydroxylation is 2. The number of aromatic amines is 1. The summed E-state index contributed by atoms with van der Waals surface area (Å²) in [6.45, 7) is 3.21. The van der Waals surface area contributed by atoms with Gasteiger partial charge in [-0.15, -0.1) is 11.3 Å². The van der Waals surface area contributed by atoms with E-state index in [-0.39, 0.29) is 29.6 Å². The molecular weight excluding hydrogens is 382 g/mol. The molecule has 1 aliphatic carbocycles. The molecule has 0 radical (unpaired) electrons. The third kappa shape index (κ3) is 4.38. The van der Waals surface area contributed by atoms with Gasteiger partial charge in [-0.1, -0.05) is 6.92 Å². The largest absolute Gasteiger partial charge is 0.483 e. The van der Waals surface area contributed by atoms with Crippen LogP contribution in [0.3, 0.4) is 0 Å². The molecule has 4 rings (SSSR count). The van der Waals surface area contributed by atoms with Gasteiger partial charge in [-0.3, -0.25) is 14.4 Å². The Labute approximate surface area is 166 Å². The highest BCUT2D eigenvalue weighted by Gasteiger charge is 2.65. The molecule has 0 bridgehead atoms. The lowest BCUT2D eigenvalue weighted by molar-refractivity contribution is -0.140. The molecule has 1 unspecified atom stereocenters. The molecule has 1 aliphatic heterocycles. The van der Waals surface area contributed by atoms with Crippen LogP contribution in [0.1, 0.15) is 30.5 Å². The van der Waals surface area contributed by atoms with Gasteiger partial charge in [0.05, 0.1) is 0 Å². The number of likely N-dealkylation sites (tertiary alicyclic amines) is 1. The van der Waals surface area contributed by atoms with Crippen LogP contribution in [-0.2, 0) is 27.2 Å². The average molecular weight is 405 g/mol. The maximum Gasteiger partial charge on any atom is 0.290 e. The lowest BCUT2D eigenvalue weighted by Crippen LogP contribution is -2.53. The predicted molar refractivity (Wildman–Crippen MR) is 103 cm³/mol. The SMILES string of the molecule is CCc1cnc(NC(=O)C2CC23CN(C(=O)CCc2ncc[nH]2)C3)s1.O=CO. The van der Waals surface area contributed by atoms with Gasteiger partial charge >= 0.3 is 0 Å². The van der Waals surface area contributed by atoms with Gasteiger partial charge in [0.25, 0.3) is 6.47 Å². The number of carbonyl (C=O) groups is 3. The van der Waals surface area contributed by atoms with Crippen molar-refractivity contribution in [2.75, 3.05) is 18.4 Å². The summed E-state index contributed by atoms with van der Waals surface area (Å²) < 4.78 is 0. The van der Waals surface area contributed by atoms with Crippen LogP contribution in [0.4, 0.5) is 5.13 Å². The fourth-order valence-electron chi connectivity index (χ4n) is 3.50. The van der Waals surface area contributed by atoms with E-state index >= 15 is 0 Å². The molecule has 10 heteroatoms. The minimum absolute atomic E-state index is 0.00920. The molecule has 2 fully saturated rings. The van der Waals surface area contributed by atoms with Gasteiger partial charge in [0, 0.05) is 60.7 Å². The Balaban J connectivity index is 0.000000706. The summed E-state index contributed by atoms with van der Waals surface area (Å²) in [7, 11) is 0. The Morgan fingerprint density at radius 1 is 1.46 bits per heavy atom. The second-order valence-electron chi connectivity index (χ2n) is 6.98. The summed E-state index contributed by atoms with van der Waals surface area (Å²) >= 11 is 1.53. The number of anilines is 1. The third-order valence-electron chi connectivity index (χ3n) is 5.13. The van der Waals surface area contributed by atoms with Crippen molar-refractivity contribution in [3.63, 3.8) is 0 Å². The first-order valence-electron chi connectivity index (χ1n) is 9.10. The topological polar surface area (TPSA) is 128 Å². The summed E-state index contributed by atoms with van der Waals surface area (Å²) in [5, 5.41) is 10.5. The molecule has 3 N–H and O–H groups in total. The fourth-order valence-corrected chi connectivity index (χ4v) is 4.25. The Morgan fingerprint density at radius 3 is 2.82 bits per heavy atom. The molecule has 1 spiro atoms. The Bertz CT molecular complexity index is 829. The molecule has 2 aromatic heterocycles. The average Bonchev–Trinajstić information content (AvgIpc) is 2.97. The number of rotatable bonds is 6.